The van der Waals surface area contributed by atoms with Crippen LogP contribution in [-0.2, 0) is 0 Å². The molecule has 2 heterocycles. The summed E-state index contributed by atoms with van der Waals surface area (Å²) in [5, 5.41) is 6.06. The quantitative estimate of drug-likeness (QED) is 0.583. The first-order chi connectivity index (χ1) is 10.8. The third-order valence-electron chi connectivity index (χ3n) is 3.27. The lowest BCUT2D eigenvalue weighted by molar-refractivity contribution is 0.628. The van der Waals surface area contributed by atoms with Crippen molar-refractivity contribution >= 4 is 34.0 Å². The van der Waals surface area contributed by atoms with Crippen molar-refractivity contribution in [2.45, 2.75) is 0 Å². The van der Waals surface area contributed by atoms with Crippen molar-refractivity contribution in [3.05, 3.63) is 59.9 Å². The summed E-state index contributed by atoms with van der Waals surface area (Å²) < 4.78 is 12.9. The van der Waals surface area contributed by atoms with Crippen LogP contribution in [0.5, 0.6) is 0 Å². The Labute approximate surface area is 129 Å². The predicted octanol–water partition coefficient (Wildman–Crippen LogP) is 4.57. The van der Waals surface area contributed by atoms with Crippen LogP contribution < -0.4 is 5.32 Å². The van der Waals surface area contributed by atoms with E-state index in [9.17, 15) is 4.39 Å². The van der Waals surface area contributed by atoms with E-state index in [1.807, 2.05) is 23.6 Å². The molecule has 6 heteroatoms. The fraction of sp³-hybridized carbons (Fsp3) is 0. The number of halogens is 1. The molecule has 0 unspecified atom stereocenters. The second-order valence-electron chi connectivity index (χ2n) is 4.79. The standard InChI is InChI=1S/C16H11FN4S/c17-11-2-4-12(5-3-11)19-16-20-13-6-1-10(9-14(13)21-16)15-18-7-8-22-15/h1-9H,(H2,19,20,21). The number of aromatic nitrogens is 3. The van der Waals surface area contributed by atoms with Gasteiger partial charge in [0, 0.05) is 22.8 Å². The van der Waals surface area contributed by atoms with Gasteiger partial charge in [-0.25, -0.2) is 14.4 Å². The number of hydrogen-bond acceptors (Lipinski definition) is 4. The molecule has 0 bridgehead atoms. The molecule has 0 saturated heterocycles. The molecule has 2 aromatic heterocycles. The number of nitrogens with zero attached hydrogens (tertiary/aromatic N) is 2. The average molecular weight is 310 g/mol. The summed E-state index contributed by atoms with van der Waals surface area (Å²) in [4.78, 5) is 12.0. The highest BCUT2D eigenvalue weighted by Crippen LogP contribution is 2.26. The van der Waals surface area contributed by atoms with E-state index in [-0.39, 0.29) is 5.82 Å². The summed E-state index contributed by atoms with van der Waals surface area (Å²) in [6.45, 7) is 0. The zero-order valence-electron chi connectivity index (χ0n) is 11.4. The predicted molar refractivity (Wildman–Crippen MR) is 86.9 cm³/mol. The van der Waals surface area contributed by atoms with Gasteiger partial charge in [-0.1, -0.05) is 0 Å². The van der Waals surface area contributed by atoms with Gasteiger partial charge in [-0.3, -0.25) is 0 Å². The minimum absolute atomic E-state index is 0.261. The van der Waals surface area contributed by atoms with Gasteiger partial charge in [0.05, 0.1) is 11.0 Å². The molecular formula is C16H11FN4S. The summed E-state index contributed by atoms with van der Waals surface area (Å²) in [6.07, 6.45) is 1.79. The van der Waals surface area contributed by atoms with E-state index in [1.165, 1.54) is 12.1 Å². The summed E-state index contributed by atoms with van der Waals surface area (Å²) >= 11 is 1.60. The first-order valence-electron chi connectivity index (χ1n) is 6.70. The Bertz CT molecular complexity index is 913. The van der Waals surface area contributed by atoms with Gasteiger partial charge in [-0.2, -0.15) is 0 Å². The Morgan fingerprint density at radius 2 is 1.95 bits per heavy atom. The van der Waals surface area contributed by atoms with E-state index >= 15 is 0 Å². The lowest BCUT2D eigenvalue weighted by atomic mass is 10.2. The van der Waals surface area contributed by atoms with Gasteiger partial charge in [0.15, 0.2) is 0 Å². The Morgan fingerprint density at radius 1 is 1.09 bits per heavy atom. The number of hydrogen-bond donors (Lipinski definition) is 2. The fourth-order valence-corrected chi connectivity index (χ4v) is 2.87. The molecule has 0 fully saturated rings. The highest BCUT2D eigenvalue weighted by molar-refractivity contribution is 7.13. The van der Waals surface area contributed by atoms with Crippen molar-refractivity contribution in [3.8, 4) is 10.6 Å². The van der Waals surface area contributed by atoms with Crippen LogP contribution in [0, 0.1) is 5.82 Å². The van der Waals surface area contributed by atoms with Gasteiger partial charge in [0.25, 0.3) is 0 Å². The largest absolute Gasteiger partial charge is 0.326 e. The number of fused-ring (bicyclic) bond motifs is 1. The lowest BCUT2D eigenvalue weighted by Crippen LogP contribution is -1.91. The minimum Gasteiger partial charge on any atom is -0.326 e. The molecule has 108 valence electrons. The number of aromatic amines is 1. The highest BCUT2D eigenvalue weighted by Gasteiger charge is 2.06. The zero-order valence-corrected chi connectivity index (χ0v) is 12.2. The number of H-pyrrole nitrogens is 1. The van der Waals surface area contributed by atoms with Crippen molar-refractivity contribution in [3.63, 3.8) is 0 Å². The minimum atomic E-state index is -0.261. The molecule has 2 N–H and O–H groups in total. The van der Waals surface area contributed by atoms with E-state index in [0.717, 1.165) is 27.3 Å². The normalized spacial score (nSPS) is 11.0. The third kappa shape index (κ3) is 2.44. The van der Waals surface area contributed by atoms with E-state index in [2.05, 4.69) is 20.3 Å². The Morgan fingerprint density at radius 3 is 2.73 bits per heavy atom. The number of anilines is 2. The van der Waals surface area contributed by atoms with Crippen LogP contribution in [0.1, 0.15) is 0 Å². The second kappa shape index (κ2) is 5.23. The SMILES string of the molecule is Fc1ccc(Nc2nc3ccc(-c4nccs4)cc3[nH]2)cc1. The van der Waals surface area contributed by atoms with Crippen molar-refractivity contribution in [2.24, 2.45) is 0 Å². The Balaban J connectivity index is 1.67. The Hall–Kier alpha value is -2.73. The molecule has 22 heavy (non-hydrogen) atoms. The number of nitrogens with one attached hydrogen (secondary N) is 2. The van der Waals surface area contributed by atoms with E-state index in [0.29, 0.717) is 5.95 Å². The Kier molecular flexibility index (Phi) is 3.08. The zero-order chi connectivity index (χ0) is 14.9. The molecule has 0 radical (unpaired) electrons. The number of thiazole rings is 1. The van der Waals surface area contributed by atoms with E-state index in [1.54, 1.807) is 29.7 Å². The monoisotopic (exact) mass is 310 g/mol. The maximum atomic E-state index is 12.9. The van der Waals surface area contributed by atoms with E-state index < -0.39 is 0 Å². The average Bonchev–Trinajstić information content (AvgIpc) is 3.17. The van der Waals surface area contributed by atoms with Crippen LogP contribution in [0.15, 0.2) is 54.0 Å². The summed E-state index contributed by atoms with van der Waals surface area (Å²) in [7, 11) is 0. The summed E-state index contributed by atoms with van der Waals surface area (Å²) in [5.74, 6) is 0.362. The summed E-state index contributed by atoms with van der Waals surface area (Å²) in [5.41, 5.74) is 3.63. The lowest BCUT2D eigenvalue weighted by Gasteiger charge is -2.01. The number of rotatable bonds is 3. The van der Waals surface area contributed by atoms with Crippen molar-refractivity contribution in [2.75, 3.05) is 5.32 Å². The molecule has 2 aromatic carbocycles. The van der Waals surface area contributed by atoms with Crippen LogP contribution in [0.4, 0.5) is 16.0 Å². The van der Waals surface area contributed by atoms with Crippen molar-refractivity contribution in [1.29, 1.82) is 0 Å². The van der Waals surface area contributed by atoms with Crippen LogP contribution in [0.25, 0.3) is 21.6 Å². The van der Waals surface area contributed by atoms with E-state index in [4.69, 9.17) is 0 Å². The molecule has 0 aliphatic rings. The first-order valence-corrected chi connectivity index (χ1v) is 7.58. The molecule has 0 aliphatic carbocycles. The maximum absolute atomic E-state index is 12.9. The van der Waals surface area contributed by atoms with Crippen LogP contribution in [-0.4, -0.2) is 15.0 Å². The molecule has 4 rings (SSSR count). The van der Waals surface area contributed by atoms with Crippen molar-refractivity contribution < 1.29 is 4.39 Å². The number of benzene rings is 2. The van der Waals surface area contributed by atoms with Gasteiger partial charge in [0.2, 0.25) is 5.95 Å². The topological polar surface area (TPSA) is 53.6 Å². The molecule has 0 aliphatic heterocycles. The van der Waals surface area contributed by atoms with Crippen LogP contribution in [0.3, 0.4) is 0 Å². The molecule has 0 saturated carbocycles. The first kappa shape index (κ1) is 13.0. The smallest absolute Gasteiger partial charge is 0.205 e. The van der Waals surface area contributed by atoms with Gasteiger partial charge in [-0.05, 0) is 42.5 Å². The number of imidazole rings is 1. The summed E-state index contributed by atoms with van der Waals surface area (Å²) in [6, 6.07) is 12.1. The van der Waals surface area contributed by atoms with Crippen LogP contribution in [0.2, 0.25) is 0 Å². The maximum Gasteiger partial charge on any atom is 0.205 e. The van der Waals surface area contributed by atoms with Gasteiger partial charge >= 0.3 is 0 Å². The molecule has 0 spiro atoms. The second-order valence-corrected chi connectivity index (χ2v) is 5.68. The molecule has 4 aromatic rings. The molecular weight excluding hydrogens is 299 g/mol. The fourth-order valence-electron chi connectivity index (χ4n) is 2.24. The molecule has 4 nitrogen and oxygen atoms in total. The molecule has 0 amide bonds. The van der Waals surface area contributed by atoms with Crippen LogP contribution >= 0.6 is 11.3 Å². The molecule has 0 atom stereocenters. The highest BCUT2D eigenvalue weighted by atomic mass is 32.1. The van der Waals surface area contributed by atoms with Crippen molar-refractivity contribution in [1.82, 2.24) is 15.0 Å². The van der Waals surface area contributed by atoms with Gasteiger partial charge in [0.1, 0.15) is 10.8 Å². The van der Waals surface area contributed by atoms with Gasteiger partial charge in [-0.15, -0.1) is 11.3 Å². The third-order valence-corrected chi connectivity index (χ3v) is 4.09. The van der Waals surface area contributed by atoms with Gasteiger partial charge < -0.3 is 10.3 Å².